The van der Waals surface area contributed by atoms with Crippen molar-refractivity contribution in [1.29, 1.82) is 0 Å². The van der Waals surface area contributed by atoms with Gasteiger partial charge in [0.1, 0.15) is 11.6 Å². The van der Waals surface area contributed by atoms with Crippen LogP contribution < -0.4 is 0 Å². The highest BCUT2D eigenvalue weighted by molar-refractivity contribution is 7.85. The lowest BCUT2D eigenvalue weighted by molar-refractivity contribution is 0.618. The summed E-state index contributed by atoms with van der Waals surface area (Å²) in [5, 5.41) is 0. The molecule has 6 aromatic carbocycles. The molecule has 242 valence electrons. The van der Waals surface area contributed by atoms with Crippen LogP contribution in [0.3, 0.4) is 0 Å². The Morgan fingerprint density at radius 2 is 0.875 bits per heavy atom. The maximum Gasteiger partial charge on any atom is 0.126 e. The lowest BCUT2D eigenvalue weighted by atomic mass is 9.89. The Hall–Kier alpha value is -4.67. The van der Waals surface area contributed by atoms with Gasteiger partial charge in [-0.3, -0.25) is 0 Å². The summed E-state index contributed by atoms with van der Waals surface area (Å²) < 4.78 is 43.1. The van der Waals surface area contributed by atoms with Gasteiger partial charge in [0.2, 0.25) is 0 Å². The highest BCUT2D eigenvalue weighted by atomic mass is 32.2. The second kappa shape index (κ2) is 13.8. The molecule has 0 amide bonds. The van der Waals surface area contributed by atoms with Crippen LogP contribution in [0, 0.1) is 53.2 Å². The average Bonchev–Trinajstić information content (AvgIpc) is 3.06. The van der Waals surface area contributed by atoms with E-state index < -0.39 is 10.8 Å². The summed E-state index contributed by atoms with van der Waals surface area (Å²) in [5.74, 6) is -0.436. The van der Waals surface area contributed by atoms with Gasteiger partial charge in [-0.25, -0.2) is 13.0 Å². The van der Waals surface area contributed by atoms with Crippen molar-refractivity contribution in [2.75, 3.05) is 0 Å². The molecule has 0 radical (unpaired) electrons. The molecular formula is C44H40F2OS. The molecule has 0 aliphatic carbocycles. The molecule has 0 aromatic heterocycles. The predicted octanol–water partition coefficient (Wildman–Crippen LogP) is 11.5. The van der Waals surface area contributed by atoms with Gasteiger partial charge in [-0.05, 0) is 158 Å². The SMILES string of the molecule is Cc1cc(C)c(Cc2ccccc2S(=O)c2ccccc2Cc2c(C)cc(C)cc2-c2ccc(F)c(C)c2)c(-c2ccc(F)c(C)c2)c1. The van der Waals surface area contributed by atoms with Crippen molar-refractivity contribution in [3.05, 3.63) is 176 Å². The fourth-order valence-electron chi connectivity index (χ4n) is 6.76. The third kappa shape index (κ3) is 6.81. The van der Waals surface area contributed by atoms with Crippen LogP contribution in [-0.4, -0.2) is 4.21 Å². The van der Waals surface area contributed by atoms with Gasteiger partial charge in [-0.2, -0.15) is 0 Å². The van der Waals surface area contributed by atoms with Gasteiger partial charge >= 0.3 is 0 Å². The third-order valence-corrected chi connectivity index (χ3v) is 10.8. The van der Waals surface area contributed by atoms with Gasteiger partial charge in [0.15, 0.2) is 0 Å². The van der Waals surface area contributed by atoms with Crippen molar-refractivity contribution in [2.24, 2.45) is 0 Å². The monoisotopic (exact) mass is 654 g/mol. The maximum absolute atomic E-state index is 14.6. The summed E-state index contributed by atoms with van der Waals surface area (Å²) in [6.45, 7) is 12.0. The van der Waals surface area contributed by atoms with Crippen LogP contribution in [-0.2, 0) is 23.6 Å². The first-order chi connectivity index (χ1) is 23.0. The van der Waals surface area contributed by atoms with E-state index in [0.717, 1.165) is 76.6 Å². The molecule has 0 aliphatic rings. The molecule has 0 unspecified atom stereocenters. The van der Waals surface area contributed by atoms with Gasteiger partial charge in [0, 0.05) is 9.79 Å². The Morgan fingerprint density at radius 1 is 0.479 bits per heavy atom. The summed E-state index contributed by atoms with van der Waals surface area (Å²) >= 11 is 0. The van der Waals surface area contributed by atoms with Crippen molar-refractivity contribution in [1.82, 2.24) is 0 Å². The lowest BCUT2D eigenvalue weighted by Gasteiger charge is -2.19. The Bertz CT molecular complexity index is 2040. The Kier molecular flexibility index (Phi) is 9.57. The standard InChI is InChI=1S/C44H40F2OS/c1-27-19-29(3)37(39(21-27)33-15-17-41(45)31(5)23-33)25-35-11-7-9-13-43(35)48(47)44-14-10-8-12-36(44)26-38-30(4)20-28(2)22-40(38)34-16-18-42(46)32(6)24-34/h7-24H,25-26H2,1-6H3. The number of hydrogen-bond donors (Lipinski definition) is 0. The largest absolute Gasteiger partial charge is 0.249 e. The zero-order valence-electron chi connectivity index (χ0n) is 28.4. The fourth-order valence-corrected chi connectivity index (χ4v) is 8.16. The van der Waals surface area contributed by atoms with Crippen LogP contribution in [0.2, 0.25) is 0 Å². The van der Waals surface area contributed by atoms with Crippen molar-refractivity contribution in [3.63, 3.8) is 0 Å². The molecule has 6 rings (SSSR count). The van der Waals surface area contributed by atoms with Crippen LogP contribution in [0.25, 0.3) is 22.3 Å². The maximum atomic E-state index is 14.6. The molecule has 48 heavy (non-hydrogen) atoms. The molecule has 0 atom stereocenters. The van der Waals surface area contributed by atoms with Crippen LogP contribution in [0.5, 0.6) is 0 Å². The van der Waals surface area contributed by atoms with Crippen molar-refractivity contribution < 1.29 is 13.0 Å². The van der Waals surface area contributed by atoms with Crippen molar-refractivity contribution >= 4 is 10.8 Å². The van der Waals surface area contributed by atoms with E-state index >= 15 is 0 Å². The van der Waals surface area contributed by atoms with E-state index in [1.54, 1.807) is 13.8 Å². The molecule has 0 fully saturated rings. The Labute approximate surface area is 285 Å². The van der Waals surface area contributed by atoms with E-state index in [1.807, 2.05) is 60.7 Å². The van der Waals surface area contributed by atoms with Gasteiger partial charge < -0.3 is 0 Å². The smallest absolute Gasteiger partial charge is 0.126 e. The number of benzene rings is 6. The number of rotatable bonds is 8. The zero-order chi connectivity index (χ0) is 34.1. The van der Waals surface area contributed by atoms with E-state index in [1.165, 1.54) is 12.1 Å². The summed E-state index contributed by atoms with van der Waals surface area (Å²) in [5.41, 5.74) is 14.1. The molecule has 4 heteroatoms. The molecule has 0 spiro atoms. The van der Waals surface area contributed by atoms with Crippen LogP contribution >= 0.6 is 0 Å². The Morgan fingerprint density at radius 3 is 1.27 bits per heavy atom. The third-order valence-electron chi connectivity index (χ3n) is 9.25. The minimum absolute atomic E-state index is 0.218. The van der Waals surface area contributed by atoms with Gasteiger partial charge in [0.25, 0.3) is 0 Å². The lowest BCUT2D eigenvalue weighted by Crippen LogP contribution is -2.06. The molecule has 0 saturated heterocycles. The van der Waals surface area contributed by atoms with Gasteiger partial charge in [0.05, 0.1) is 10.8 Å². The average molecular weight is 655 g/mol. The van der Waals surface area contributed by atoms with E-state index in [0.29, 0.717) is 24.0 Å². The number of halogens is 2. The topological polar surface area (TPSA) is 17.1 Å². The minimum Gasteiger partial charge on any atom is -0.249 e. The number of hydrogen-bond acceptors (Lipinski definition) is 1. The van der Waals surface area contributed by atoms with Crippen LogP contribution in [0.15, 0.2) is 119 Å². The Balaban J connectivity index is 1.40. The summed E-state index contributed by atoms with van der Waals surface area (Å²) in [7, 11) is -1.45. The normalized spacial score (nSPS) is 11.4. The molecule has 0 N–H and O–H groups in total. The van der Waals surface area contributed by atoms with Crippen LogP contribution in [0.1, 0.15) is 55.6 Å². The van der Waals surface area contributed by atoms with Gasteiger partial charge in [-0.1, -0.05) is 83.9 Å². The highest BCUT2D eigenvalue weighted by Gasteiger charge is 2.20. The highest BCUT2D eigenvalue weighted by Crippen LogP contribution is 2.35. The molecule has 1 nitrogen and oxygen atoms in total. The zero-order valence-corrected chi connectivity index (χ0v) is 29.2. The van der Waals surface area contributed by atoms with E-state index in [4.69, 9.17) is 0 Å². The predicted molar refractivity (Wildman–Crippen MR) is 195 cm³/mol. The second-order valence-electron chi connectivity index (χ2n) is 13.0. The first kappa shape index (κ1) is 33.2. The summed E-state index contributed by atoms with van der Waals surface area (Å²) in [6.07, 6.45) is 1.18. The molecule has 0 saturated carbocycles. The summed E-state index contributed by atoms with van der Waals surface area (Å²) in [6, 6.07) is 35.2. The minimum atomic E-state index is -1.45. The van der Waals surface area contributed by atoms with E-state index in [2.05, 4.69) is 64.1 Å². The van der Waals surface area contributed by atoms with Crippen molar-refractivity contribution in [2.45, 2.75) is 64.2 Å². The van der Waals surface area contributed by atoms with Crippen molar-refractivity contribution in [3.8, 4) is 22.3 Å². The molecule has 0 bridgehead atoms. The molecular weight excluding hydrogens is 615 g/mol. The van der Waals surface area contributed by atoms with E-state index in [9.17, 15) is 13.0 Å². The fraction of sp³-hybridized carbons (Fsp3) is 0.182. The first-order valence-corrected chi connectivity index (χ1v) is 17.5. The second-order valence-corrected chi connectivity index (χ2v) is 14.4. The van der Waals surface area contributed by atoms with E-state index in [-0.39, 0.29) is 11.6 Å². The van der Waals surface area contributed by atoms with Gasteiger partial charge in [-0.15, -0.1) is 0 Å². The van der Waals surface area contributed by atoms with Crippen LogP contribution in [0.4, 0.5) is 8.78 Å². The molecule has 0 aliphatic heterocycles. The molecule has 0 heterocycles. The number of aryl methyl sites for hydroxylation is 6. The molecule has 6 aromatic rings. The quantitative estimate of drug-likeness (QED) is 0.160. The summed E-state index contributed by atoms with van der Waals surface area (Å²) in [4.78, 5) is 1.56. The first-order valence-electron chi connectivity index (χ1n) is 16.3.